The van der Waals surface area contributed by atoms with Crippen molar-refractivity contribution in [1.29, 1.82) is 0 Å². The largest absolute Gasteiger partial charge is 0.361 e. The van der Waals surface area contributed by atoms with Gasteiger partial charge in [0.15, 0.2) is 0 Å². The molecular weight excluding hydrogens is 235 g/mol. The van der Waals surface area contributed by atoms with Gasteiger partial charge in [-0.15, -0.1) is 0 Å². The predicted molar refractivity (Wildman–Crippen MR) is 59.3 cm³/mol. The Hall–Kier alpha value is -1.88. The molecule has 0 aliphatic heterocycles. The summed E-state index contributed by atoms with van der Waals surface area (Å²) in [6.45, 7) is 0. The van der Waals surface area contributed by atoms with Gasteiger partial charge >= 0.3 is 0 Å². The number of H-pyrrole nitrogens is 1. The van der Waals surface area contributed by atoms with Crippen molar-refractivity contribution < 1.29 is 9.31 Å². The zero-order valence-corrected chi connectivity index (χ0v) is 8.66. The Morgan fingerprint density at radius 2 is 2.25 bits per heavy atom. The monoisotopic (exact) mass is 240 g/mol. The summed E-state index contributed by atoms with van der Waals surface area (Å²) in [6.07, 6.45) is 3.65. The lowest BCUT2D eigenvalue weighted by atomic mass is 10.1. The summed E-state index contributed by atoms with van der Waals surface area (Å²) in [4.78, 5) is 12.4. The van der Waals surface area contributed by atoms with Crippen LogP contribution in [0.25, 0.3) is 17.0 Å². The molecule has 0 fully saturated rings. The van der Waals surface area contributed by atoms with Gasteiger partial charge in [0.2, 0.25) is 6.20 Å². The Balaban J connectivity index is 2.56. The van der Waals surface area contributed by atoms with Crippen LogP contribution in [-0.4, -0.2) is 9.91 Å². The van der Waals surface area contributed by atoms with Gasteiger partial charge in [-0.05, 0) is 12.1 Å². The lowest BCUT2D eigenvalue weighted by molar-refractivity contribution is -0.400. The molecule has 0 bridgehead atoms. The smallest absolute Gasteiger partial charge is 0.235 e. The first-order chi connectivity index (χ1) is 7.58. The third kappa shape index (κ3) is 1.90. The number of hydrogen-bond donors (Lipinski definition) is 1. The predicted octanol–water partition coefficient (Wildman–Crippen LogP) is 3.21. The first kappa shape index (κ1) is 10.6. The number of halogens is 2. The average molecular weight is 241 g/mol. The van der Waals surface area contributed by atoms with Gasteiger partial charge in [-0.3, -0.25) is 10.1 Å². The van der Waals surface area contributed by atoms with Crippen LogP contribution in [0.5, 0.6) is 0 Å². The summed E-state index contributed by atoms with van der Waals surface area (Å²) in [6, 6.07) is 2.68. The number of fused-ring (bicyclic) bond motifs is 1. The zero-order chi connectivity index (χ0) is 11.7. The molecule has 0 aliphatic rings. The molecule has 0 saturated heterocycles. The fraction of sp³-hybridized carbons (Fsp3) is 0. The topological polar surface area (TPSA) is 58.9 Å². The molecule has 2 aromatic rings. The van der Waals surface area contributed by atoms with Crippen LogP contribution in [-0.2, 0) is 0 Å². The molecule has 1 heterocycles. The SMILES string of the molecule is O=[N+]([O-])C=Cc1c[nH]c2cc(Cl)c(F)cc12. The zero-order valence-electron chi connectivity index (χ0n) is 7.91. The summed E-state index contributed by atoms with van der Waals surface area (Å²) in [7, 11) is 0. The van der Waals surface area contributed by atoms with Crippen LogP contribution >= 0.6 is 11.6 Å². The maximum atomic E-state index is 13.2. The molecule has 0 radical (unpaired) electrons. The number of hydrogen-bond acceptors (Lipinski definition) is 2. The highest BCUT2D eigenvalue weighted by Crippen LogP contribution is 2.25. The van der Waals surface area contributed by atoms with Crippen molar-refractivity contribution in [2.45, 2.75) is 0 Å². The van der Waals surface area contributed by atoms with E-state index < -0.39 is 10.7 Å². The second-order valence-corrected chi connectivity index (χ2v) is 3.56. The molecule has 0 amide bonds. The number of aromatic nitrogens is 1. The van der Waals surface area contributed by atoms with E-state index in [0.29, 0.717) is 16.5 Å². The van der Waals surface area contributed by atoms with Gasteiger partial charge in [0.25, 0.3) is 0 Å². The Morgan fingerprint density at radius 3 is 2.94 bits per heavy atom. The highest BCUT2D eigenvalue weighted by Gasteiger charge is 2.07. The van der Waals surface area contributed by atoms with E-state index >= 15 is 0 Å². The van der Waals surface area contributed by atoms with E-state index in [0.717, 1.165) is 6.20 Å². The van der Waals surface area contributed by atoms with E-state index in [1.807, 2.05) is 0 Å². The molecule has 6 heteroatoms. The van der Waals surface area contributed by atoms with E-state index in [2.05, 4.69) is 4.98 Å². The highest BCUT2D eigenvalue weighted by atomic mass is 35.5. The minimum Gasteiger partial charge on any atom is -0.361 e. The molecule has 4 nitrogen and oxygen atoms in total. The lowest BCUT2D eigenvalue weighted by Gasteiger charge is -1.95. The fourth-order valence-electron chi connectivity index (χ4n) is 1.42. The maximum Gasteiger partial charge on any atom is 0.235 e. The van der Waals surface area contributed by atoms with Crippen LogP contribution in [0.2, 0.25) is 5.02 Å². The fourth-order valence-corrected chi connectivity index (χ4v) is 1.58. The number of nitrogens with zero attached hydrogens (tertiary/aromatic N) is 1. The quantitative estimate of drug-likeness (QED) is 0.647. The molecule has 0 atom stereocenters. The Bertz CT molecular complexity index is 592. The van der Waals surface area contributed by atoms with Gasteiger partial charge in [-0.2, -0.15) is 0 Å². The van der Waals surface area contributed by atoms with Gasteiger partial charge < -0.3 is 4.98 Å². The molecule has 16 heavy (non-hydrogen) atoms. The molecule has 0 saturated carbocycles. The van der Waals surface area contributed by atoms with Crippen LogP contribution in [0.3, 0.4) is 0 Å². The van der Waals surface area contributed by atoms with Crippen molar-refractivity contribution in [1.82, 2.24) is 4.98 Å². The van der Waals surface area contributed by atoms with E-state index in [9.17, 15) is 14.5 Å². The van der Waals surface area contributed by atoms with Crippen molar-refractivity contribution in [2.75, 3.05) is 0 Å². The maximum absolute atomic E-state index is 13.2. The highest BCUT2D eigenvalue weighted by molar-refractivity contribution is 6.31. The van der Waals surface area contributed by atoms with Gasteiger partial charge in [0, 0.05) is 28.7 Å². The number of benzene rings is 1. The standard InChI is InChI=1S/C10H6ClFN2O2/c11-8-4-10-7(3-9(8)12)6(5-13-10)1-2-14(15)16/h1-5,13H. The summed E-state index contributed by atoms with van der Waals surface area (Å²) >= 11 is 5.60. The van der Waals surface area contributed by atoms with E-state index in [1.165, 1.54) is 18.2 Å². The normalized spacial score (nSPS) is 11.4. The Kier molecular flexibility index (Phi) is 2.62. The summed E-state index contributed by atoms with van der Waals surface area (Å²) in [5.41, 5.74) is 1.18. The molecule has 1 aromatic heterocycles. The van der Waals surface area contributed by atoms with Gasteiger partial charge in [0.1, 0.15) is 5.82 Å². The van der Waals surface area contributed by atoms with E-state index in [1.54, 1.807) is 6.20 Å². The second kappa shape index (κ2) is 3.94. The minimum absolute atomic E-state index is 0.0131. The first-order valence-corrected chi connectivity index (χ1v) is 4.73. The number of nitro groups is 1. The summed E-state index contributed by atoms with van der Waals surface area (Å²) < 4.78 is 13.2. The van der Waals surface area contributed by atoms with Crippen LogP contribution < -0.4 is 0 Å². The Morgan fingerprint density at radius 1 is 1.50 bits per heavy atom. The summed E-state index contributed by atoms with van der Waals surface area (Å²) in [5, 5.41) is 10.7. The molecule has 1 N–H and O–H groups in total. The average Bonchev–Trinajstić information content (AvgIpc) is 2.58. The van der Waals surface area contributed by atoms with Crippen molar-refractivity contribution >= 4 is 28.6 Å². The third-order valence-electron chi connectivity index (χ3n) is 2.13. The minimum atomic E-state index is -0.578. The summed E-state index contributed by atoms with van der Waals surface area (Å²) in [5.74, 6) is -0.551. The number of rotatable bonds is 2. The molecule has 1 aromatic carbocycles. The first-order valence-electron chi connectivity index (χ1n) is 4.36. The lowest BCUT2D eigenvalue weighted by Crippen LogP contribution is -1.82. The molecule has 0 aliphatic carbocycles. The molecule has 82 valence electrons. The molecule has 2 rings (SSSR count). The molecule has 0 unspecified atom stereocenters. The second-order valence-electron chi connectivity index (χ2n) is 3.16. The van der Waals surface area contributed by atoms with Gasteiger partial charge in [-0.25, -0.2) is 4.39 Å². The van der Waals surface area contributed by atoms with E-state index in [-0.39, 0.29) is 5.02 Å². The van der Waals surface area contributed by atoms with Crippen LogP contribution in [0.15, 0.2) is 24.5 Å². The van der Waals surface area contributed by atoms with Gasteiger partial charge in [0.05, 0.1) is 9.95 Å². The van der Waals surface area contributed by atoms with Crippen molar-refractivity contribution in [2.24, 2.45) is 0 Å². The van der Waals surface area contributed by atoms with Crippen LogP contribution in [0, 0.1) is 15.9 Å². The number of aromatic amines is 1. The van der Waals surface area contributed by atoms with Crippen molar-refractivity contribution in [3.63, 3.8) is 0 Å². The number of nitrogens with one attached hydrogen (secondary N) is 1. The van der Waals surface area contributed by atoms with Crippen molar-refractivity contribution in [3.8, 4) is 0 Å². The Labute approximate surface area is 94.5 Å². The van der Waals surface area contributed by atoms with E-state index in [4.69, 9.17) is 11.6 Å². The molecular formula is C10H6ClFN2O2. The molecule has 0 spiro atoms. The van der Waals surface area contributed by atoms with Crippen LogP contribution in [0.1, 0.15) is 5.56 Å². The van der Waals surface area contributed by atoms with Gasteiger partial charge in [-0.1, -0.05) is 11.6 Å². The third-order valence-corrected chi connectivity index (χ3v) is 2.42. The van der Waals surface area contributed by atoms with Crippen molar-refractivity contribution in [3.05, 3.63) is 51.0 Å². The van der Waals surface area contributed by atoms with Crippen LogP contribution in [0.4, 0.5) is 4.39 Å².